The second-order valence-electron chi connectivity index (χ2n) is 4.32. The Morgan fingerprint density at radius 3 is 2.89 bits per heavy atom. The Balaban J connectivity index is 2.65. The van der Waals surface area contributed by atoms with E-state index in [1.165, 1.54) is 12.8 Å². The molecule has 0 atom stereocenters. The summed E-state index contributed by atoms with van der Waals surface area (Å²) in [7, 11) is 0. The number of aromatic nitrogens is 2. The zero-order valence-electron chi connectivity index (χ0n) is 11.7. The molecule has 1 heterocycles. The van der Waals surface area contributed by atoms with Gasteiger partial charge in [0, 0.05) is 19.2 Å². The summed E-state index contributed by atoms with van der Waals surface area (Å²) in [6, 6.07) is 1.68. The average Bonchev–Trinajstić information content (AvgIpc) is 2.40. The monoisotopic (exact) mass is 262 g/mol. The normalized spacial score (nSPS) is 10.0. The van der Waals surface area contributed by atoms with Crippen LogP contribution in [0.25, 0.3) is 0 Å². The molecule has 1 amide bonds. The summed E-state index contributed by atoms with van der Waals surface area (Å²) in [5.41, 5.74) is 0.382. The average molecular weight is 262 g/mol. The fraction of sp³-hybridized carbons (Fsp3) is 0.500. The first kappa shape index (κ1) is 15.1. The SMILES string of the molecule is C=CCNC(=O)c1cc(NCCCCC)nc(C)n1. The molecule has 0 fully saturated rings. The van der Waals surface area contributed by atoms with Crippen molar-refractivity contribution >= 4 is 11.7 Å². The number of nitrogens with zero attached hydrogens (tertiary/aromatic N) is 2. The lowest BCUT2D eigenvalue weighted by Gasteiger charge is -2.08. The first-order valence-corrected chi connectivity index (χ1v) is 6.66. The smallest absolute Gasteiger partial charge is 0.270 e. The van der Waals surface area contributed by atoms with Crippen LogP contribution in [0, 0.1) is 6.92 Å². The van der Waals surface area contributed by atoms with Gasteiger partial charge in [-0.1, -0.05) is 25.8 Å². The summed E-state index contributed by atoms with van der Waals surface area (Å²) < 4.78 is 0. The molecule has 1 aromatic rings. The van der Waals surface area contributed by atoms with Crippen molar-refractivity contribution in [2.45, 2.75) is 33.1 Å². The van der Waals surface area contributed by atoms with Crippen molar-refractivity contribution in [2.24, 2.45) is 0 Å². The molecule has 0 aromatic carbocycles. The second kappa shape index (κ2) is 8.24. The summed E-state index contributed by atoms with van der Waals surface area (Å²) in [6.07, 6.45) is 5.09. The minimum Gasteiger partial charge on any atom is -0.370 e. The lowest BCUT2D eigenvalue weighted by Crippen LogP contribution is -2.25. The van der Waals surface area contributed by atoms with Crippen molar-refractivity contribution in [3.8, 4) is 0 Å². The van der Waals surface area contributed by atoms with Crippen LogP contribution in [0.2, 0.25) is 0 Å². The van der Waals surface area contributed by atoms with Gasteiger partial charge in [-0.25, -0.2) is 9.97 Å². The van der Waals surface area contributed by atoms with Crippen molar-refractivity contribution in [3.05, 3.63) is 30.2 Å². The highest BCUT2D eigenvalue weighted by atomic mass is 16.1. The molecule has 19 heavy (non-hydrogen) atoms. The number of unbranched alkanes of at least 4 members (excludes halogenated alkanes) is 2. The topological polar surface area (TPSA) is 66.9 Å². The third-order valence-corrected chi connectivity index (χ3v) is 2.56. The predicted molar refractivity (Wildman–Crippen MR) is 77.3 cm³/mol. The Labute approximate surface area is 114 Å². The van der Waals surface area contributed by atoms with Crippen molar-refractivity contribution in [3.63, 3.8) is 0 Å². The minimum atomic E-state index is -0.206. The standard InChI is InChI=1S/C14H22N4O/c1-4-6-7-9-15-13-10-12(17-11(3)18-13)14(19)16-8-5-2/h5,10H,2,4,6-9H2,1,3H3,(H,16,19)(H,15,17,18). The van der Waals surface area contributed by atoms with E-state index in [1.54, 1.807) is 19.1 Å². The van der Waals surface area contributed by atoms with Crippen LogP contribution in [-0.4, -0.2) is 29.0 Å². The molecule has 0 saturated heterocycles. The Morgan fingerprint density at radius 1 is 1.42 bits per heavy atom. The van der Waals surface area contributed by atoms with E-state index < -0.39 is 0 Å². The summed E-state index contributed by atoms with van der Waals surface area (Å²) >= 11 is 0. The molecule has 5 heteroatoms. The van der Waals surface area contributed by atoms with Crippen LogP contribution in [0.1, 0.15) is 42.5 Å². The van der Waals surface area contributed by atoms with Crippen LogP contribution >= 0.6 is 0 Å². The van der Waals surface area contributed by atoms with Gasteiger partial charge in [0.05, 0.1) is 0 Å². The van der Waals surface area contributed by atoms with Crippen LogP contribution in [0.4, 0.5) is 5.82 Å². The fourth-order valence-corrected chi connectivity index (χ4v) is 1.62. The summed E-state index contributed by atoms with van der Waals surface area (Å²) in [5, 5.41) is 5.92. The molecule has 1 rings (SSSR count). The molecule has 0 aliphatic rings. The number of nitrogens with one attached hydrogen (secondary N) is 2. The summed E-state index contributed by atoms with van der Waals surface area (Å²) in [5.74, 6) is 1.08. The molecule has 0 spiro atoms. The number of carbonyl (C=O) groups is 1. The quantitative estimate of drug-likeness (QED) is 0.557. The third-order valence-electron chi connectivity index (χ3n) is 2.56. The maximum absolute atomic E-state index is 11.8. The highest BCUT2D eigenvalue weighted by Crippen LogP contribution is 2.07. The largest absolute Gasteiger partial charge is 0.370 e. The van der Waals surface area contributed by atoms with Crippen molar-refractivity contribution in [1.82, 2.24) is 15.3 Å². The van der Waals surface area contributed by atoms with Crippen LogP contribution in [0.3, 0.4) is 0 Å². The van der Waals surface area contributed by atoms with Crippen molar-refractivity contribution < 1.29 is 4.79 Å². The van der Waals surface area contributed by atoms with Gasteiger partial charge in [0.1, 0.15) is 17.3 Å². The second-order valence-corrected chi connectivity index (χ2v) is 4.32. The van der Waals surface area contributed by atoms with E-state index in [2.05, 4.69) is 34.1 Å². The van der Waals surface area contributed by atoms with Gasteiger partial charge in [-0.2, -0.15) is 0 Å². The minimum absolute atomic E-state index is 0.206. The van der Waals surface area contributed by atoms with Gasteiger partial charge in [-0.3, -0.25) is 4.79 Å². The van der Waals surface area contributed by atoms with Gasteiger partial charge < -0.3 is 10.6 Å². The maximum Gasteiger partial charge on any atom is 0.270 e. The number of aryl methyl sites for hydroxylation is 1. The fourth-order valence-electron chi connectivity index (χ4n) is 1.62. The Bertz CT molecular complexity index is 431. The summed E-state index contributed by atoms with van der Waals surface area (Å²) in [6.45, 7) is 8.79. The molecule has 0 saturated carbocycles. The molecule has 0 aliphatic carbocycles. The highest BCUT2D eigenvalue weighted by molar-refractivity contribution is 5.93. The Hall–Kier alpha value is -1.91. The number of hydrogen-bond acceptors (Lipinski definition) is 4. The summed E-state index contributed by atoms with van der Waals surface area (Å²) in [4.78, 5) is 20.2. The number of amides is 1. The van der Waals surface area contributed by atoms with E-state index in [4.69, 9.17) is 0 Å². The molecule has 104 valence electrons. The van der Waals surface area contributed by atoms with Crippen LogP contribution in [0.15, 0.2) is 18.7 Å². The lowest BCUT2D eigenvalue weighted by atomic mass is 10.2. The van der Waals surface area contributed by atoms with E-state index in [-0.39, 0.29) is 5.91 Å². The van der Waals surface area contributed by atoms with Gasteiger partial charge in [-0.05, 0) is 13.3 Å². The molecular formula is C14H22N4O. The van der Waals surface area contributed by atoms with Gasteiger partial charge in [0.2, 0.25) is 0 Å². The molecule has 0 unspecified atom stereocenters. The number of hydrogen-bond donors (Lipinski definition) is 2. The van der Waals surface area contributed by atoms with Crippen LogP contribution in [-0.2, 0) is 0 Å². The third kappa shape index (κ3) is 5.50. The Kier molecular flexibility index (Phi) is 6.57. The highest BCUT2D eigenvalue weighted by Gasteiger charge is 2.09. The number of carbonyl (C=O) groups excluding carboxylic acids is 1. The van der Waals surface area contributed by atoms with Crippen LogP contribution < -0.4 is 10.6 Å². The van der Waals surface area contributed by atoms with Crippen molar-refractivity contribution in [2.75, 3.05) is 18.4 Å². The van der Waals surface area contributed by atoms with Gasteiger partial charge in [-0.15, -0.1) is 6.58 Å². The van der Waals surface area contributed by atoms with E-state index in [9.17, 15) is 4.79 Å². The first-order chi connectivity index (χ1) is 9.17. The molecule has 0 bridgehead atoms. The molecular weight excluding hydrogens is 240 g/mol. The van der Waals surface area contributed by atoms with Gasteiger partial charge in [0.15, 0.2) is 0 Å². The van der Waals surface area contributed by atoms with Crippen LogP contribution in [0.5, 0.6) is 0 Å². The Morgan fingerprint density at radius 2 is 2.21 bits per heavy atom. The van der Waals surface area contributed by atoms with E-state index >= 15 is 0 Å². The number of anilines is 1. The molecule has 0 radical (unpaired) electrons. The zero-order valence-corrected chi connectivity index (χ0v) is 11.7. The van der Waals surface area contributed by atoms with E-state index in [0.717, 1.165) is 13.0 Å². The van der Waals surface area contributed by atoms with E-state index in [0.29, 0.717) is 23.9 Å². The molecule has 0 aliphatic heterocycles. The zero-order chi connectivity index (χ0) is 14.1. The molecule has 2 N–H and O–H groups in total. The maximum atomic E-state index is 11.8. The lowest BCUT2D eigenvalue weighted by molar-refractivity contribution is 0.0952. The molecule has 5 nitrogen and oxygen atoms in total. The van der Waals surface area contributed by atoms with Crippen molar-refractivity contribution in [1.29, 1.82) is 0 Å². The number of rotatable bonds is 8. The molecule has 1 aromatic heterocycles. The first-order valence-electron chi connectivity index (χ1n) is 6.66. The van der Waals surface area contributed by atoms with Gasteiger partial charge in [0.25, 0.3) is 5.91 Å². The predicted octanol–water partition coefficient (Wildman–Crippen LogP) is 2.30. The van der Waals surface area contributed by atoms with E-state index in [1.807, 2.05) is 0 Å². The van der Waals surface area contributed by atoms with Gasteiger partial charge >= 0.3 is 0 Å².